The summed E-state index contributed by atoms with van der Waals surface area (Å²) in [5.41, 5.74) is 3.24. The van der Waals surface area contributed by atoms with Crippen LogP contribution in [0.2, 0.25) is 0 Å². The Hall–Kier alpha value is -1.65. The Bertz CT molecular complexity index is 830. The standard InChI is InChI=1S/C27H38O4/c1-16-20(13-21(28)14-24(16)29)9-6-18-5-4-12-27(3)22(10-11-23(18)27)17(2)25(30)15-26(31)19-7-8-19/h6,9,15,17,19,21-24,28-30H,1,4-5,7-8,10-14H2,2-3H3/b18-6+,20-9-,25-15?/t17-,21+,22+,23?,24-,27+/m0/s1. The summed E-state index contributed by atoms with van der Waals surface area (Å²) >= 11 is 0. The Morgan fingerprint density at radius 2 is 1.94 bits per heavy atom. The highest BCUT2D eigenvalue weighted by Crippen LogP contribution is 2.60. The second kappa shape index (κ2) is 8.71. The lowest BCUT2D eigenvalue weighted by Gasteiger charge is -2.44. The third-order valence-corrected chi connectivity index (χ3v) is 8.64. The van der Waals surface area contributed by atoms with Gasteiger partial charge in [0.15, 0.2) is 5.78 Å². The van der Waals surface area contributed by atoms with E-state index in [9.17, 15) is 20.1 Å². The first-order valence-corrected chi connectivity index (χ1v) is 12.1. The average molecular weight is 427 g/mol. The number of fused-ring (bicyclic) bond motifs is 1. The van der Waals surface area contributed by atoms with Gasteiger partial charge in [-0.1, -0.05) is 38.2 Å². The first kappa shape index (κ1) is 22.5. The molecular formula is C27H38O4. The molecule has 0 aromatic heterocycles. The molecule has 0 spiro atoms. The molecule has 0 aromatic rings. The minimum absolute atomic E-state index is 0.00109. The highest BCUT2D eigenvalue weighted by molar-refractivity contribution is 5.93. The van der Waals surface area contributed by atoms with Crippen LogP contribution in [0.15, 0.2) is 47.3 Å². The number of allylic oxidation sites excluding steroid dienone is 5. The summed E-state index contributed by atoms with van der Waals surface area (Å²) in [5, 5.41) is 30.9. The molecule has 170 valence electrons. The zero-order chi connectivity index (χ0) is 22.3. The Labute approximate surface area is 186 Å². The highest BCUT2D eigenvalue weighted by atomic mass is 16.3. The lowest BCUT2D eigenvalue weighted by molar-refractivity contribution is -0.115. The SMILES string of the molecule is C=C1/C(=C\C=C2/CCC[C@@]3(C)C2CC[C@@H]3[C@H](C)C(O)=CC(=O)C2CC2)C[C@@H](O)C[C@@H]1O. The van der Waals surface area contributed by atoms with Gasteiger partial charge >= 0.3 is 0 Å². The van der Waals surface area contributed by atoms with E-state index in [4.69, 9.17) is 0 Å². The molecule has 0 saturated heterocycles. The van der Waals surface area contributed by atoms with E-state index in [0.717, 1.165) is 56.1 Å². The fourth-order valence-electron chi connectivity index (χ4n) is 6.53. The molecular weight excluding hydrogens is 388 g/mol. The Morgan fingerprint density at radius 1 is 1.19 bits per heavy atom. The second-order valence-electron chi connectivity index (χ2n) is 10.7. The Balaban J connectivity index is 1.52. The van der Waals surface area contributed by atoms with Crippen LogP contribution in [0.1, 0.15) is 71.6 Å². The third kappa shape index (κ3) is 4.47. The zero-order valence-electron chi connectivity index (χ0n) is 19.0. The molecule has 0 amide bonds. The van der Waals surface area contributed by atoms with Gasteiger partial charge in [0.2, 0.25) is 0 Å². The van der Waals surface area contributed by atoms with E-state index < -0.39 is 12.2 Å². The van der Waals surface area contributed by atoms with Crippen molar-refractivity contribution in [3.05, 3.63) is 47.3 Å². The summed E-state index contributed by atoms with van der Waals surface area (Å²) < 4.78 is 0. The summed E-state index contributed by atoms with van der Waals surface area (Å²) in [5.74, 6) is 1.35. The maximum Gasteiger partial charge on any atom is 0.162 e. The minimum atomic E-state index is -0.658. The van der Waals surface area contributed by atoms with Crippen LogP contribution in [-0.4, -0.2) is 33.3 Å². The monoisotopic (exact) mass is 426 g/mol. The van der Waals surface area contributed by atoms with E-state index in [0.29, 0.717) is 24.7 Å². The van der Waals surface area contributed by atoms with E-state index in [1.807, 2.05) is 0 Å². The van der Waals surface area contributed by atoms with E-state index in [2.05, 4.69) is 32.6 Å². The van der Waals surface area contributed by atoms with Crippen molar-refractivity contribution in [2.75, 3.05) is 0 Å². The molecule has 4 nitrogen and oxygen atoms in total. The lowest BCUT2D eigenvalue weighted by Crippen LogP contribution is -2.36. The fraction of sp³-hybridized carbons (Fsp3) is 0.667. The van der Waals surface area contributed by atoms with Crippen LogP contribution >= 0.6 is 0 Å². The van der Waals surface area contributed by atoms with Gasteiger partial charge in [0.1, 0.15) is 0 Å². The summed E-state index contributed by atoms with van der Waals surface area (Å²) in [6.45, 7) is 8.48. The minimum Gasteiger partial charge on any atom is -0.512 e. The average Bonchev–Trinajstić information content (AvgIpc) is 3.51. The molecule has 0 aromatic carbocycles. The number of ketones is 1. The van der Waals surface area contributed by atoms with E-state index in [-0.39, 0.29) is 28.8 Å². The van der Waals surface area contributed by atoms with Gasteiger partial charge in [0.25, 0.3) is 0 Å². The number of rotatable bonds is 5. The molecule has 1 unspecified atom stereocenters. The van der Waals surface area contributed by atoms with E-state index >= 15 is 0 Å². The molecule has 0 aliphatic heterocycles. The summed E-state index contributed by atoms with van der Waals surface area (Å²) in [4.78, 5) is 12.2. The van der Waals surface area contributed by atoms with Gasteiger partial charge in [-0.15, -0.1) is 0 Å². The number of aliphatic hydroxyl groups excluding tert-OH is 3. The lowest BCUT2D eigenvalue weighted by atomic mass is 9.61. The molecule has 31 heavy (non-hydrogen) atoms. The molecule has 3 N–H and O–H groups in total. The molecule has 4 saturated carbocycles. The zero-order valence-corrected chi connectivity index (χ0v) is 19.0. The smallest absolute Gasteiger partial charge is 0.162 e. The van der Waals surface area contributed by atoms with Gasteiger partial charge < -0.3 is 15.3 Å². The quantitative estimate of drug-likeness (QED) is 0.418. The van der Waals surface area contributed by atoms with Crippen molar-refractivity contribution in [3.63, 3.8) is 0 Å². The van der Waals surface area contributed by atoms with Crippen LogP contribution in [0.5, 0.6) is 0 Å². The number of carbonyl (C=O) groups is 1. The van der Waals surface area contributed by atoms with Crippen LogP contribution in [0, 0.1) is 29.1 Å². The normalized spacial score (nSPS) is 40.3. The van der Waals surface area contributed by atoms with Crippen molar-refractivity contribution in [1.82, 2.24) is 0 Å². The second-order valence-corrected chi connectivity index (χ2v) is 10.7. The third-order valence-electron chi connectivity index (χ3n) is 8.64. The number of hydrogen-bond acceptors (Lipinski definition) is 4. The van der Waals surface area contributed by atoms with Crippen LogP contribution in [0.4, 0.5) is 0 Å². The predicted molar refractivity (Wildman–Crippen MR) is 122 cm³/mol. The molecule has 6 atom stereocenters. The van der Waals surface area contributed by atoms with E-state index in [1.54, 1.807) is 0 Å². The largest absolute Gasteiger partial charge is 0.512 e. The maximum absolute atomic E-state index is 12.2. The highest BCUT2D eigenvalue weighted by Gasteiger charge is 2.51. The summed E-state index contributed by atoms with van der Waals surface area (Å²) in [6, 6.07) is 0. The number of hydrogen-bond donors (Lipinski definition) is 3. The summed E-state index contributed by atoms with van der Waals surface area (Å²) in [6.07, 6.45) is 13.0. The number of carbonyl (C=O) groups excluding carboxylic acids is 1. The molecule has 0 radical (unpaired) electrons. The van der Waals surface area contributed by atoms with Gasteiger partial charge in [0, 0.05) is 24.3 Å². The van der Waals surface area contributed by atoms with Crippen molar-refractivity contribution < 1.29 is 20.1 Å². The van der Waals surface area contributed by atoms with Crippen LogP contribution < -0.4 is 0 Å². The van der Waals surface area contributed by atoms with Crippen LogP contribution in [-0.2, 0) is 4.79 Å². The van der Waals surface area contributed by atoms with Gasteiger partial charge in [-0.2, -0.15) is 0 Å². The van der Waals surface area contributed by atoms with Crippen molar-refractivity contribution in [2.24, 2.45) is 29.1 Å². The number of aliphatic hydroxyl groups is 3. The Morgan fingerprint density at radius 3 is 2.65 bits per heavy atom. The maximum atomic E-state index is 12.2. The van der Waals surface area contributed by atoms with Crippen molar-refractivity contribution >= 4 is 5.78 Å². The van der Waals surface area contributed by atoms with E-state index in [1.165, 1.54) is 11.6 Å². The molecule has 0 bridgehead atoms. The molecule has 4 fully saturated rings. The van der Waals surface area contributed by atoms with Gasteiger partial charge in [-0.3, -0.25) is 4.79 Å². The molecule has 4 rings (SSSR count). The van der Waals surface area contributed by atoms with Gasteiger partial charge in [-0.25, -0.2) is 0 Å². The fourth-order valence-corrected chi connectivity index (χ4v) is 6.53. The van der Waals surface area contributed by atoms with Crippen LogP contribution in [0.25, 0.3) is 0 Å². The topological polar surface area (TPSA) is 77.8 Å². The molecule has 4 aliphatic carbocycles. The van der Waals surface area contributed by atoms with Crippen molar-refractivity contribution in [1.29, 1.82) is 0 Å². The summed E-state index contributed by atoms with van der Waals surface area (Å²) in [7, 11) is 0. The van der Waals surface area contributed by atoms with Crippen molar-refractivity contribution in [3.8, 4) is 0 Å². The molecule has 4 heteroatoms. The first-order chi connectivity index (χ1) is 14.7. The van der Waals surface area contributed by atoms with Crippen molar-refractivity contribution in [2.45, 2.75) is 83.8 Å². The molecule has 0 heterocycles. The first-order valence-electron chi connectivity index (χ1n) is 12.1. The van der Waals surface area contributed by atoms with Gasteiger partial charge in [0.05, 0.1) is 18.0 Å². The van der Waals surface area contributed by atoms with Crippen LogP contribution in [0.3, 0.4) is 0 Å². The predicted octanol–water partition coefficient (Wildman–Crippen LogP) is 5.18. The Kier molecular flexibility index (Phi) is 6.33. The molecule has 4 aliphatic rings. The van der Waals surface area contributed by atoms with Gasteiger partial charge in [-0.05, 0) is 79.8 Å².